The molecule has 2 aromatic heterocycles. The largest absolute Gasteiger partial charge is 0.343 e. The molecule has 22 heavy (non-hydrogen) atoms. The lowest BCUT2D eigenvalue weighted by Gasteiger charge is -2.03. The Morgan fingerprint density at radius 3 is 3.00 bits per heavy atom. The van der Waals surface area contributed by atoms with E-state index in [0.717, 1.165) is 10.9 Å². The van der Waals surface area contributed by atoms with Crippen LogP contribution in [0.15, 0.2) is 44.7 Å². The summed E-state index contributed by atoms with van der Waals surface area (Å²) >= 11 is 4.64. The van der Waals surface area contributed by atoms with Crippen LogP contribution in [0.25, 0.3) is 10.7 Å². The van der Waals surface area contributed by atoms with E-state index in [-0.39, 0.29) is 18.0 Å². The van der Waals surface area contributed by atoms with Crippen molar-refractivity contribution in [3.05, 3.63) is 57.5 Å². The van der Waals surface area contributed by atoms with Gasteiger partial charge in [-0.25, -0.2) is 4.39 Å². The van der Waals surface area contributed by atoms with Crippen molar-refractivity contribution in [1.82, 2.24) is 15.5 Å². The van der Waals surface area contributed by atoms with Crippen molar-refractivity contribution in [2.45, 2.75) is 6.54 Å². The van der Waals surface area contributed by atoms with E-state index in [1.165, 1.54) is 23.5 Å². The van der Waals surface area contributed by atoms with Crippen molar-refractivity contribution in [3.8, 4) is 10.7 Å². The number of carbonyl (C=O) groups excluding carboxylic acids is 1. The zero-order valence-electron chi connectivity index (χ0n) is 11.0. The van der Waals surface area contributed by atoms with Gasteiger partial charge in [0, 0.05) is 10.0 Å². The third kappa shape index (κ3) is 3.40. The van der Waals surface area contributed by atoms with Crippen LogP contribution in [0.1, 0.15) is 16.2 Å². The van der Waals surface area contributed by atoms with Gasteiger partial charge in [-0.1, -0.05) is 27.2 Å². The summed E-state index contributed by atoms with van der Waals surface area (Å²) in [7, 11) is 0. The van der Waals surface area contributed by atoms with Crippen LogP contribution in [0.4, 0.5) is 4.39 Å². The van der Waals surface area contributed by atoms with E-state index in [2.05, 4.69) is 31.4 Å². The fraction of sp³-hybridized carbons (Fsp3) is 0.0714. The standard InChI is InChI=1S/C14H9BrFN3O2S/c15-9-4-8(5-10(16)6-9)14(20)17-7-12-18-13(19-21-12)11-2-1-3-22-11/h1-6H,7H2,(H,17,20). The minimum Gasteiger partial charge on any atom is -0.343 e. The van der Waals surface area contributed by atoms with Gasteiger partial charge in [0.1, 0.15) is 5.82 Å². The first-order valence-corrected chi connectivity index (χ1v) is 7.90. The predicted molar refractivity (Wildman–Crippen MR) is 82.9 cm³/mol. The van der Waals surface area contributed by atoms with Crippen LogP contribution in [-0.2, 0) is 6.54 Å². The maximum Gasteiger partial charge on any atom is 0.251 e. The van der Waals surface area contributed by atoms with E-state index in [1.807, 2.05) is 17.5 Å². The molecule has 3 rings (SSSR count). The second kappa shape index (κ2) is 6.37. The van der Waals surface area contributed by atoms with Crippen LogP contribution in [0.5, 0.6) is 0 Å². The molecule has 5 nitrogen and oxygen atoms in total. The van der Waals surface area contributed by atoms with Crippen LogP contribution >= 0.6 is 27.3 Å². The molecule has 0 spiro atoms. The third-order valence-electron chi connectivity index (χ3n) is 2.73. The second-order valence-electron chi connectivity index (χ2n) is 4.33. The van der Waals surface area contributed by atoms with E-state index in [1.54, 1.807) is 0 Å². The zero-order valence-corrected chi connectivity index (χ0v) is 13.4. The van der Waals surface area contributed by atoms with Gasteiger partial charge in [-0.15, -0.1) is 11.3 Å². The highest BCUT2D eigenvalue weighted by Gasteiger charge is 2.12. The van der Waals surface area contributed by atoms with Gasteiger partial charge in [-0.2, -0.15) is 4.98 Å². The average molecular weight is 382 g/mol. The number of rotatable bonds is 4. The smallest absolute Gasteiger partial charge is 0.251 e. The Labute approximate surface area is 137 Å². The van der Waals surface area contributed by atoms with Gasteiger partial charge in [0.15, 0.2) is 0 Å². The first kappa shape index (κ1) is 14.9. The summed E-state index contributed by atoms with van der Waals surface area (Å²) in [5.41, 5.74) is 0.213. The highest BCUT2D eigenvalue weighted by Crippen LogP contribution is 2.21. The van der Waals surface area contributed by atoms with Crippen molar-refractivity contribution in [1.29, 1.82) is 0 Å². The van der Waals surface area contributed by atoms with Crippen molar-refractivity contribution in [2.75, 3.05) is 0 Å². The molecule has 0 saturated heterocycles. The lowest BCUT2D eigenvalue weighted by atomic mass is 10.2. The molecule has 2 heterocycles. The Kier molecular flexibility index (Phi) is 4.30. The number of amides is 1. The van der Waals surface area contributed by atoms with Crippen molar-refractivity contribution in [2.24, 2.45) is 0 Å². The Morgan fingerprint density at radius 1 is 1.41 bits per heavy atom. The molecule has 1 amide bonds. The number of nitrogens with one attached hydrogen (secondary N) is 1. The molecule has 8 heteroatoms. The molecule has 0 saturated carbocycles. The monoisotopic (exact) mass is 381 g/mol. The molecule has 0 unspecified atom stereocenters. The summed E-state index contributed by atoms with van der Waals surface area (Å²) < 4.78 is 18.8. The number of nitrogens with zero attached hydrogens (tertiary/aromatic N) is 2. The van der Waals surface area contributed by atoms with E-state index in [9.17, 15) is 9.18 Å². The van der Waals surface area contributed by atoms with E-state index >= 15 is 0 Å². The minimum absolute atomic E-state index is 0.0747. The van der Waals surface area contributed by atoms with E-state index in [0.29, 0.717) is 10.3 Å². The highest BCUT2D eigenvalue weighted by atomic mass is 79.9. The fourth-order valence-corrected chi connectivity index (χ4v) is 2.89. The molecular weight excluding hydrogens is 373 g/mol. The van der Waals surface area contributed by atoms with Crippen molar-refractivity contribution >= 4 is 33.2 Å². The molecule has 0 bridgehead atoms. The molecule has 0 aliphatic rings. The number of thiophene rings is 1. The molecular formula is C14H9BrFN3O2S. The predicted octanol–water partition coefficient (Wildman–Crippen LogP) is 3.63. The second-order valence-corrected chi connectivity index (χ2v) is 6.19. The van der Waals surface area contributed by atoms with Gasteiger partial charge in [-0.05, 0) is 29.6 Å². The first-order valence-electron chi connectivity index (χ1n) is 6.22. The SMILES string of the molecule is O=C(NCc1nc(-c2cccs2)no1)c1cc(F)cc(Br)c1. The van der Waals surface area contributed by atoms with E-state index < -0.39 is 11.7 Å². The molecule has 0 atom stereocenters. The molecule has 0 aliphatic heterocycles. The van der Waals surface area contributed by atoms with Crippen LogP contribution in [-0.4, -0.2) is 16.0 Å². The number of carbonyl (C=O) groups is 1. The maximum atomic E-state index is 13.3. The third-order valence-corrected chi connectivity index (χ3v) is 4.06. The lowest BCUT2D eigenvalue weighted by molar-refractivity contribution is 0.0945. The summed E-state index contributed by atoms with van der Waals surface area (Å²) in [6, 6.07) is 7.73. The van der Waals surface area contributed by atoms with Crippen LogP contribution in [0, 0.1) is 5.82 Å². The number of hydrogen-bond donors (Lipinski definition) is 1. The zero-order chi connectivity index (χ0) is 15.5. The first-order chi connectivity index (χ1) is 10.6. The molecule has 0 fully saturated rings. The summed E-state index contributed by atoms with van der Waals surface area (Å²) in [6.07, 6.45) is 0. The van der Waals surface area contributed by atoms with Gasteiger partial charge in [-0.3, -0.25) is 4.79 Å². The van der Waals surface area contributed by atoms with Gasteiger partial charge in [0.25, 0.3) is 5.91 Å². The summed E-state index contributed by atoms with van der Waals surface area (Å²) in [6.45, 7) is 0.0747. The number of aromatic nitrogens is 2. The van der Waals surface area contributed by atoms with Crippen LogP contribution in [0.3, 0.4) is 0 Å². The molecule has 112 valence electrons. The minimum atomic E-state index is -0.489. The van der Waals surface area contributed by atoms with Gasteiger partial charge < -0.3 is 9.84 Å². The maximum absolute atomic E-state index is 13.3. The van der Waals surface area contributed by atoms with E-state index in [4.69, 9.17) is 4.52 Å². The van der Waals surface area contributed by atoms with Crippen LogP contribution in [0.2, 0.25) is 0 Å². The summed E-state index contributed by atoms with van der Waals surface area (Å²) in [5.74, 6) is -0.145. The molecule has 3 aromatic rings. The normalized spacial score (nSPS) is 10.6. The van der Waals surface area contributed by atoms with Gasteiger partial charge >= 0.3 is 0 Å². The van der Waals surface area contributed by atoms with Crippen molar-refractivity contribution in [3.63, 3.8) is 0 Å². The van der Waals surface area contributed by atoms with Gasteiger partial charge in [0.2, 0.25) is 11.7 Å². The Hall–Kier alpha value is -2.06. The van der Waals surface area contributed by atoms with Gasteiger partial charge in [0.05, 0.1) is 11.4 Å². The number of hydrogen-bond acceptors (Lipinski definition) is 5. The molecule has 0 radical (unpaired) electrons. The Bertz CT molecular complexity index is 784. The topological polar surface area (TPSA) is 68.0 Å². The highest BCUT2D eigenvalue weighted by molar-refractivity contribution is 9.10. The fourth-order valence-electron chi connectivity index (χ4n) is 1.78. The number of halogens is 2. The summed E-state index contributed by atoms with van der Waals surface area (Å²) in [4.78, 5) is 17.0. The molecule has 0 aliphatic carbocycles. The molecule has 1 N–H and O–H groups in total. The Balaban J connectivity index is 1.66. The number of benzene rings is 1. The Morgan fingerprint density at radius 2 is 2.27 bits per heavy atom. The van der Waals surface area contributed by atoms with Crippen LogP contribution < -0.4 is 5.32 Å². The average Bonchev–Trinajstić information content (AvgIpc) is 3.14. The van der Waals surface area contributed by atoms with Crippen molar-refractivity contribution < 1.29 is 13.7 Å². The summed E-state index contributed by atoms with van der Waals surface area (Å²) in [5, 5.41) is 8.36. The molecule has 1 aromatic carbocycles. The quantitative estimate of drug-likeness (QED) is 0.748. The lowest BCUT2D eigenvalue weighted by Crippen LogP contribution is -2.23.